The van der Waals surface area contributed by atoms with Crippen LogP contribution in [0.4, 0.5) is 19.0 Å². The summed E-state index contributed by atoms with van der Waals surface area (Å²) < 4.78 is 47.7. The van der Waals surface area contributed by atoms with Crippen LogP contribution in [0.3, 0.4) is 0 Å². The number of benzene rings is 1. The first-order valence-electron chi connectivity index (χ1n) is 13.4. The Kier molecular flexibility index (Phi) is 7.87. The van der Waals surface area contributed by atoms with Crippen molar-refractivity contribution in [3.05, 3.63) is 83.4 Å². The molecular weight excluding hydrogens is 549 g/mol. The number of likely N-dealkylation sites (tertiary alicyclic amines) is 1. The predicted molar refractivity (Wildman–Crippen MR) is 151 cm³/mol. The minimum atomic E-state index is -4.69. The molecule has 11 heteroatoms. The van der Waals surface area contributed by atoms with Crippen molar-refractivity contribution in [1.29, 1.82) is 0 Å². The van der Waals surface area contributed by atoms with Crippen LogP contribution in [0.5, 0.6) is 0 Å². The zero-order chi connectivity index (χ0) is 30.1. The molecule has 3 aromatic heterocycles. The number of piperidine rings is 1. The Bertz CT molecular complexity index is 1630. The Hall–Kier alpha value is -4.51. The molecule has 1 saturated heterocycles. The van der Waals surface area contributed by atoms with E-state index in [0.717, 1.165) is 6.07 Å². The third-order valence-electron chi connectivity index (χ3n) is 7.30. The number of allylic oxidation sites excluding steroid dienone is 1. The summed E-state index contributed by atoms with van der Waals surface area (Å²) >= 11 is 0. The van der Waals surface area contributed by atoms with E-state index in [-0.39, 0.29) is 52.5 Å². The zero-order valence-electron chi connectivity index (χ0n) is 22.8. The third kappa shape index (κ3) is 6.68. The molecule has 0 aliphatic carbocycles. The van der Waals surface area contributed by atoms with Gasteiger partial charge >= 0.3 is 6.18 Å². The van der Waals surface area contributed by atoms with Crippen LogP contribution < -0.4 is 5.73 Å². The fourth-order valence-corrected chi connectivity index (χ4v) is 4.79. The average molecular weight is 579 g/mol. The fourth-order valence-electron chi connectivity index (χ4n) is 4.79. The van der Waals surface area contributed by atoms with Gasteiger partial charge in [0, 0.05) is 49.3 Å². The smallest absolute Gasteiger partial charge is 0.420 e. The lowest BCUT2D eigenvalue weighted by atomic mass is 9.93. The second kappa shape index (κ2) is 11.4. The van der Waals surface area contributed by atoms with Crippen LogP contribution in [0.1, 0.15) is 53.4 Å². The van der Waals surface area contributed by atoms with E-state index in [1.807, 2.05) is 0 Å². The number of hydrogen-bond donors (Lipinski definition) is 2. The number of ketones is 1. The van der Waals surface area contributed by atoms with Gasteiger partial charge in [0.2, 0.25) is 0 Å². The maximum Gasteiger partial charge on any atom is 0.420 e. The van der Waals surface area contributed by atoms with Crippen LogP contribution in [0, 0.1) is 0 Å². The van der Waals surface area contributed by atoms with Gasteiger partial charge in [0.25, 0.3) is 5.91 Å². The SMILES string of the molecule is CC1(O)CCN(C(=O)c2ccc(-c3cc(C(F)(F)F)c4oc(CCC(=O)/C=C/c5ccc(N)nc5)cc4c3)nc2)CC1. The largest absolute Gasteiger partial charge is 0.460 e. The molecule has 218 valence electrons. The molecule has 4 heterocycles. The number of alkyl halides is 3. The van der Waals surface area contributed by atoms with Gasteiger partial charge in [0.05, 0.1) is 22.4 Å². The van der Waals surface area contributed by atoms with E-state index < -0.39 is 17.3 Å². The number of aromatic nitrogens is 2. The minimum Gasteiger partial charge on any atom is -0.460 e. The van der Waals surface area contributed by atoms with Crippen molar-refractivity contribution >= 4 is 34.6 Å². The van der Waals surface area contributed by atoms with Gasteiger partial charge in [-0.1, -0.05) is 0 Å². The van der Waals surface area contributed by atoms with Gasteiger partial charge in [-0.15, -0.1) is 0 Å². The molecule has 5 rings (SSSR count). The first-order chi connectivity index (χ1) is 19.9. The number of carbonyl (C=O) groups excluding carboxylic acids is 2. The van der Waals surface area contributed by atoms with Crippen LogP contribution >= 0.6 is 0 Å². The number of halogens is 3. The highest BCUT2D eigenvalue weighted by Gasteiger charge is 2.35. The maximum atomic E-state index is 14.0. The van der Waals surface area contributed by atoms with Crippen molar-refractivity contribution in [3.8, 4) is 11.3 Å². The molecule has 0 bridgehead atoms. The van der Waals surface area contributed by atoms with Crippen molar-refractivity contribution in [3.63, 3.8) is 0 Å². The quantitative estimate of drug-likeness (QED) is 0.270. The van der Waals surface area contributed by atoms with Gasteiger partial charge in [-0.25, -0.2) is 4.98 Å². The second-order valence-corrected chi connectivity index (χ2v) is 10.7. The minimum absolute atomic E-state index is 0.0402. The Balaban J connectivity index is 1.33. The summed E-state index contributed by atoms with van der Waals surface area (Å²) in [6, 6.07) is 10.4. The molecule has 1 aromatic carbocycles. The Morgan fingerprint density at radius 2 is 1.86 bits per heavy atom. The van der Waals surface area contributed by atoms with E-state index >= 15 is 0 Å². The van der Waals surface area contributed by atoms with Crippen molar-refractivity contribution in [2.24, 2.45) is 0 Å². The lowest BCUT2D eigenvalue weighted by Gasteiger charge is -2.35. The first-order valence-corrected chi connectivity index (χ1v) is 13.4. The molecule has 0 saturated carbocycles. The number of hydrogen-bond acceptors (Lipinski definition) is 7. The van der Waals surface area contributed by atoms with Crippen molar-refractivity contribution in [2.45, 2.75) is 44.4 Å². The maximum absolute atomic E-state index is 14.0. The summed E-state index contributed by atoms with van der Waals surface area (Å²) in [4.78, 5) is 35.1. The molecule has 42 heavy (non-hydrogen) atoms. The molecule has 0 spiro atoms. The second-order valence-electron chi connectivity index (χ2n) is 10.7. The molecule has 1 aliphatic heterocycles. The molecule has 4 aromatic rings. The number of fused-ring (bicyclic) bond motifs is 1. The molecule has 1 aliphatic rings. The fraction of sp³-hybridized carbons (Fsp3) is 0.290. The number of aliphatic hydroxyl groups is 1. The molecule has 8 nitrogen and oxygen atoms in total. The molecular formula is C31H29F3N4O4. The number of nitrogen functional groups attached to an aromatic ring is 1. The molecule has 0 radical (unpaired) electrons. The Labute approximate surface area is 239 Å². The van der Waals surface area contributed by atoms with E-state index in [4.69, 9.17) is 10.2 Å². The molecule has 3 N–H and O–H groups in total. The van der Waals surface area contributed by atoms with Crippen molar-refractivity contribution < 1.29 is 32.3 Å². The zero-order valence-corrected chi connectivity index (χ0v) is 22.8. The summed E-state index contributed by atoms with van der Waals surface area (Å²) in [5.74, 6) is 0.137. The lowest BCUT2D eigenvalue weighted by Crippen LogP contribution is -2.45. The van der Waals surface area contributed by atoms with Gasteiger partial charge < -0.3 is 20.2 Å². The van der Waals surface area contributed by atoms with Crippen LogP contribution in [-0.2, 0) is 17.4 Å². The standard InChI is InChI=1S/C31H29F3N4O4/c1-30(41)10-12-38(13-11-30)29(40)20-4-8-26(36-18-20)21-14-22-15-24(42-28(22)25(16-21)31(32,33)34)7-6-23(39)5-2-19-3-9-27(35)37-17-19/h2-5,8-9,14-18,41H,6-7,10-13H2,1H3,(H2,35,37)/b5-2+. The lowest BCUT2D eigenvalue weighted by molar-refractivity contribution is -0.136. The van der Waals surface area contributed by atoms with Crippen LogP contribution in [0.2, 0.25) is 0 Å². The Morgan fingerprint density at radius 3 is 2.50 bits per heavy atom. The number of furan rings is 1. The number of carbonyl (C=O) groups is 2. The van der Waals surface area contributed by atoms with Crippen LogP contribution in [-0.4, -0.2) is 50.4 Å². The Morgan fingerprint density at radius 1 is 1.10 bits per heavy atom. The van der Waals surface area contributed by atoms with E-state index in [2.05, 4.69) is 9.97 Å². The van der Waals surface area contributed by atoms with Crippen LogP contribution in [0.15, 0.2) is 65.4 Å². The molecule has 1 amide bonds. The monoisotopic (exact) mass is 578 g/mol. The van der Waals surface area contributed by atoms with Gasteiger partial charge in [0.1, 0.15) is 17.2 Å². The first kappa shape index (κ1) is 29.0. The highest BCUT2D eigenvalue weighted by atomic mass is 19.4. The summed E-state index contributed by atoms with van der Waals surface area (Å²) in [6.45, 7) is 2.55. The van der Waals surface area contributed by atoms with Gasteiger partial charge in [-0.05, 0) is 79.9 Å². The van der Waals surface area contributed by atoms with E-state index in [0.29, 0.717) is 42.9 Å². The predicted octanol–water partition coefficient (Wildman–Crippen LogP) is 5.69. The van der Waals surface area contributed by atoms with E-state index in [1.165, 1.54) is 36.7 Å². The summed E-state index contributed by atoms with van der Waals surface area (Å²) in [7, 11) is 0. The van der Waals surface area contributed by atoms with E-state index in [9.17, 15) is 27.9 Å². The number of aryl methyl sites for hydroxylation is 1. The molecule has 1 fully saturated rings. The topological polar surface area (TPSA) is 123 Å². The molecule has 0 unspecified atom stereocenters. The number of nitrogens with two attached hydrogens (primary N) is 1. The molecule has 0 atom stereocenters. The van der Waals surface area contributed by atoms with Gasteiger partial charge in [0.15, 0.2) is 5.78 Å². The highest BCUT2D eigenvalue weighted by molar-refractivity contribution is 5.95. The van der Waals surface area contributed by atoms with Crippen LogP contribution in [0.25, 0.3) is 28.3 Å². The van der Waals surface area contributed by atoms with Gasteiger partial charge in [-0.2, -0.15) is 13.2 Å². The summed E-state index contributed by atoms with van der Waals surface area (Å²) in [5, 5.41) is 10.4. The van der Waals surface area contributed by atoms with E-state index in [1.54, 1.807) is 36.1 Å². The van der Waals surface area contributed by atoms with Gasteiger partial charge in [-0.3, -0.25) is 14.6 Å². The number of anilines is 1. The average Bonchev–Trinajstić information content (AvgIpc) is 3.37. The normalized spacial score (nSPS) is 15.4. The third-order valence-corrected chi connectivity index (χ3v) is 7.30. The number of nitrogens with zero attached hydrogens (tertiary/aromatic N) is 3. The van der Waals surface area contributed by atoms with Crippen molar-refractivity contribution in [1.82, 2.24) is 14.9 Å². The number of rotatable bonds is 7. The van der Waals surface area contributed by atoms with Crippen molar-refractivity contribution in [2.75, 3.05) is 18.8 Å². The summed E-state index contributed by atoms with van der Waals surface area (Å²) in [5.41, 5.74) is 4.96. The number of amides is 1. The highest BCUT2D eigenvalue weighted by Crippen LogP contribution is 2.39. The summed E-state index contributed by atoms with van der Waals surface area (Å²) in [6.07, 6.45) is 2.23. The number of pyridine rings is 2.